The number of nitrogens with two attached hydrogens (primary N) is 1. The smallest absolute Gasteiger partial charge is 0.250 e. The van der Waals surface area contributed by atoms with Crippen LogP contribution in [0.4, 0.5) is 11.4 Å². The van der Waals surface area contributed by atoms with Gasteiger partial charge in [0, 0.05) is 20.0 Å². The fraction of sp³-hybridized carbons (Fsp3) is 0.385. The first-order chi connectivity index (χ1) is 9.09. The van der Waals surface area contributed by atoms with E-state index in [4.69, 9.17) is 10.5 Å². The summed E-state index contributed by atoms with van der Waals surface area (Å²) < 4.78 is 5.30. The summed E-state index contributed by atoms with van der Waals surface area (Å²) in [5, 5.41) is 2.70. The minimum absolute atomic E-state index is 0.233. The number of nitrogens with one attached hydrogen (secondary N) is 1. The predicted molar refractivity (Wildman–Crippen MR) is 72.3 cm³/mol. The molecule has 102 valence electrons. The number of nitrogens with zero attached hydrogens (tertiary/aromatic N) is 1. The van der Waals surface area contributed by atoms with Crippen molar-refractivity contribution in [2.75, 3.05) is 36.5 Å². The molecule has 0 aliphatic carbocycles. The van der Waals surface area contributed by atoms with Crippen molar-refractivity contribution in [3.63, 3.8) is 0 Å². The summed E-state index contributed by atoms with van der Waals surface area (Å²) in [5.74, 6) is -0.790. The number of ether oxygens (including phenoxy) is 1. The van der Waals surface area contributed by atoms with Crippen molar-refractivity contribution in [1.82, 2.24) is 0 Å². The van der Waals surface area contributed by atoms with E-state index in [2.05, 4.69) is 10.2 Å². The highest BCUT2D eigenvalue weighted by molar-refractivity contribution is 6.06. The molecule has 2 rings (SSSR count). The molecular formula is C13H17N3O3. The van der Waals surface area contributed by atoms with Gasteiger partial charge in [-0.25, -0.2) is 0 Å². The van der Waals surface area contributed by atoms with E-state index in [-0.39, 0.29) is 5.91 Å². The molecule has 0 atom stereocenters. The fourth-order valence-corrected chi connectivity index (χ4v) is 2.12. The van der Waals surface area contributed by atoms with Crippen LogP contribution >= 0.6 is 0 Å². The average Bonchev–Trinajstić information content (AvgIpc) is 2.39. The van der Waals surface area contributed by atoms with E-state index in [9.17, 15) is 9.59 Å². The number of anilines is 2. The van der Waals surface area contributed by atoms with Crippen molar-refractivity contribution in [3.8, 4) is 0 Å². The van der Waals surface area contributed by atoms with Crippen molar-refractivity contribution in [1.29, 1.82) is 0 Å². The van der Waals surface area contributed by atoms with Crippen LogP contribution in [0.3, 0.4) is 0 Å². The Hall–Kier alpha value is -2.08. The third-order valence-electron chi connectivity index (χ3n) is 2.96. The van der Waals surface area contributed by atoms with E-state index in [0.29, 0.717) is 24.5 Å². The number of rotatable bonds is 3. The second-order valence-electron chi connectivity index (χ2n) is 4.34. The molecule has 1 fully saturated rings. The lowest BCUT2D eigenvalue weighted by atomic mass is 10.1. The van der Waals surface area contributed by atoms with Gasteiger partial charge in [0.15, 0.2) is 0 Å². The molecule has 0 aromatic heterocycles. The molecule has 0 spiro atoms. The molecule has 1 aliphatic heterocycles. The maximum atomic E-state index is 11.5. The molecule has 0 radical (unpaired) electrons. The molecule has 6 nitrogen and oxygen atoms in total. The van der Waals surface area contributed by atoms with Crippen molar-refractivity contribution in [2.45, 2.75) is 6.92 Å². The van der Waals surface area contributed by atoms with Crippen LogP contribution in [0.25, 0.3) is 0 Å². The average molecular weight is 263 g/mol. The van der Waals surface area contributed by atoms with Gasteiger partial charge in [0.25, 0.3) is 5.91 Å². The molecule has 19 heavy (non-hydrogen) atoms. The highest BCUT2D eigenvalue weighted by Gasteiger charge is 2.19. The lowest BCUT2D eigenvalue weighted by molar-refractivity contribution is -0.114. The van der Waals surface area contributed by atoms with Crippen LogP contribution in [0.5, 0.6) is 0 Å². The number of amides is 2. The number of hydrogen-bond donors (Lipinski definition) is 2. The Labute approximate surface area is 111 Å². The molecule has 1 saturated heterocycles. The molecule has 2 amide bonds. The normalized spacial score (nSPS) is 15.1. The zero-order valence-corrected chi connectivity index (χ0v) is 10.8. The van der Waals surface area contributed by atoms with Crippen molar-refractivity contribution >= 4 is 23.2 Å². The van der Waals surface area contributed by atoms with Crippen LogP contribution in [0.2, 0.25) is 0 Å². The molecule has 0 bridgehead atoms. The number of primary amides is 1. The van der Waals surface area contributed by atoms with Crippen LogP contribution in [-0.2, 0) is 9.53 Å². The highest BCUT2D eigenvalue weighted by atomic mass is 16.5. The summed E-state index contributed by atoms with van der Waals surface area (Å²) in [5.41, 5.74) is 6.95. The van der Waals surface area contributed by atoms with Gasteiger partial charge in [-0.05, 0) is 12.1 Å². The monoisotopic (exact) mass is 263 g/mol. The number of carbonyl (C=O) groups excluding carboxylic acids is 2. The van der Waals surface area contributed by atoms with Gasteiger partial charge in [-0.3, -0.25) is 9.59 Å². The van der Waals surface area contributed by atoms with Gasteiger partial charge in [0.05, 0.1) is 30.2 Å². The third-order valence-corrected chi connectivity index (χ3v) is 2.96. The van der Waals surface area contributed by atoms with Crippen molar-refractivity contribution < 1.29 is 14.3 Å². The van der Waals surface area contributed by atoms with Gasteiger partial charge >= 0.3 is 0 Å². The number of para-hydroxylation sites is 1. The number of carbonyl (C=O) groups is 2. The summed E-state index contributed by atoms with van der Waals surface area (Å²) in [7, 11) is 0. The number of hydrogen-bond acceptors (Lipinski definition) is 4. The third kappa shape index (κ3) is 3.03. The quantitative estimate of drug-likeness (QED) is 0.835. The Morgan fingerprint density at radius 1 is 1.32 bits per heavy atom. The summed E-state index contributed by atoms with van der Waals surface area (Å²) in [4.78, 5) is 24.9. The second kappa shape index (κ2) is 5.71. The van der Waals surface area contributed by atoms with Gasteiger partial charge in [0.1, 0.15) is 0 Å². The maximum Gasteiger partial charge on any atom is 0.250 e. The summed E-state index contributed by atoms with van der Waals surface area (Å²) >= 11 is 0. The van der Waals surface area contributed by atoms with Gasteiger partial charge < -0.3 is 20.7 Å². The molecule has 6 heteroatoms. The number of benzene rings is 1. The first-order valence-electron chi connectivity index (χ1n) is 6.12. The van der Waals surface area contributed by atoms with Gasteiger partial charge in [-0.1, -0.05) is 6.07 Å². The Morgan fingerprint density at radius 2 is 2.00 bits per heavy atom. The van der Waals surface area contributed by atoms with E-state index in [1.807, 2.05) is 6.07 Å². The molecule has 3 N–H and O–H groups in total. The SMILES string of the molecule is CC(=O)Nc1c(C(N)=O)cccc1N1CCOCC1. The zero-order valence-electron chi connectivity index (χ0n) is 10.8. The van der Waals surface area contributed by atoms with E-state index in [0.717, 1.165) is 18.8 Å². The number of morpholine rings is 1. The minimum Gasteiger partial charge on any atom is -0.378 e. The molecule has 0 saturated carbocycles. The maximum absolute atomic E-state index is 11.5. The summed E-state index contributed by atoms with van der Waals surface area (Å²) in [6.07, 6.45) is 0. The van der Waals surface area contributed by atoms with Crippen LogP contribution in [0, 0.1) is 0 Å². The van der Waals surface area contributed by atoms with Crippen LogP contribution in [0.1, 0.15) is 17.3 Å². The minimum atomic E-state index is -0.557. The van der Waals surface area contributed by atoms with Gasteiger partial charge in [0.2, 0.25) is 5.91 Å². The first-order valence-corrected chi connectivity index (χ1v) is 6.12. The molecule has 0 unspecified atom stereocenters. The van der Waals surface area contributed by atoms with E-state index >= 15 is 0 Å². The van der Waals surface area contributed by atoms with E-state index < -0.39 is 5.91 Å². The van der Waals surface area contributed by atoms with Crippen molar-refractivity contribution in [3.05, 3.63) is 23.8 Å². The Bertz CT molecular complexity index is 496. The summed E-state index contributed by atoms with van der Waals surface area (Å²) in [6, 6.07) is 5.23. The fourth-order valence-electron chi connectivity index (χ4n) is 2.12. The van der Waals surface area contributed by atoms with Crippen LogP contribution in [-0.4, -0.2) is 38.1 Å². The van der Waals surface area contributed by atoms with Gasteiger partial charge in [-0.15, -0.1) is 0 Å². The van der Waals surface area contributed by atoms with Gasteiger partial charge in [-0.2, -0.15) is 0 Å². The Kier molecular flexibility index (Phi) is 4.01. The molecule has 1 aromatic carbocycles. The van der Waals surface area contributed by atoms with E-state index in [1.165, 1.54) is 6.92 Å². The topological polar surface area (TPSA) is 84.7 Å². The largest absolute Gasteiger partial charge is 0.378 e. The lowest BCUT2D eigenvalue weighted by Crippen LogP contribution is -2.37. The second-order valence-corrected chi connectivity index (χ2v) is 4.34. The molecular weight excluding hydrogens is 246 g/mol. The summed E-state index contributed by atoms with van der Waals surface area (Å²) in [6.45, 7) is 4.09. The molecule has 1 aliphatic rings. The zero-order chi connectivity index (χ0) is 13.8. The van der Waals surface area contributed by atoms with Crippen molar-refractivity contribution in [2.24, 2.45) is 5.73 Å². The lowest BCUT2D eigenvalue weighted by Gasteiger charge is -2.31. The van der Waals surface area contributed by atoms with Crippen LogP contribution < -0.4 is 16.0 Å². The first kappa shape index (κ1) is 13.4. The Balaban J connectivity index is 2.42. The molecule has 1 aromatic rings. The molecule has 1 heterocycles. The standard InChI is InChI=1S/C13H17N3O3/c1-9(17)15-12-10(13(14)18)3-2-4-11(12)16-5-7-19-8-6-16/h2-4H,5-8H2,1H3,(H2,14,18)(H,15,17). The predicted octanol–water partition coefficient (Wildman–Crippen LogP) is 0.580. The van der Waals surface area contributed by atoms with E-state index in [1.54, 1.807) is 12.1 Å². The van der Waals surface area contributed by atoms with Crippen LogP contribution in [0.15, 0.2) is 18.2 Å². The highest BCUT2D eigenvalue weighted by Crippen LogP contribution is 2.30. The Morgan fingerprint density at radius 3 is 2.58 bits per heavy atom.